The average molecular weight is 324 g/mol. The maximum Gasteiger partial charge on any atom is 0.0685 e. The van der Waals surface area contributed by atoms with Crippen molar-refractivity contribution >= 4 is 6.21 Å². The molecule has 1 saturated heterocycles. The van der Waals surface area contributed by atoms with Crippen LogP contribution in [0.4, 0.5) is 0 Å². The fourth-order valence-electron chi connectivity index (χ4n) is 3.57. The first kappa shape index (κ1) is 16.7. The molecule has 0 spiro atoms. The van der Waals surface area contributed by atoms with Gasteiger partial charge in [0, 0.05) is 23.3 Å². The Morgan fingerprint density at radius 3 is 2.46 bits per heavy atom. The SMILES string of the molecule is Cc1nn(Cc2ccccc2)c(C)c1/C=N\N1[C@@H](C)CCC[C@@H]1C. The molecule has 1 fully saturated rings. The molecule has 2 heterocycles. The molecule has 0 saturated carbocycles. The van der Waals surface area contributed by atoms with Crippen LogP contribution in [0.5, 0.6) is 0 Å². The second-order valence-corrected chi connectivity index (χ2v) is 6.98. The van der Waals surface area contributed by atoms with Gasteiger partial charge in [0.05, 0.1) is 18.5 Å². The lowest BCUT2D eigenvalue weighted by Crippen LogP contribution is -2.39. The van der Waals surface area contributed by atoms with Crippen LogP contribution in [-0.4, -0.2) is 33.1 Å². The molecule has 128 valence electrons. The number of piperidine rings is 1. The molecule has 0 bridgehead atoms. The van der Waals surface area contributed by atoms with Crippen LogP contribution in [0.15, 0.2) is 35.4 Å². The van der Waals surface area contributed by atoms with Crippen LogP contribution in [-0.2, 0) is 6.54 Å². The van der Waals surface area contributed by atoms with Gasteiger partial charge in [-0.3, -0.25) is 9.69 Å². The summed E-state index contributed by atoms with van der Waals surface area (Å²) in [5.41, 5.74) is 4.64. The highest BCUT2D eigenvalue weighted by atomic mass is 15.5. The summed E-state index contributed by atoms with van der Waals surface area (Å²) in [5, 5.41) is 11.8. The molecule has 0 aliphatic carbocycles. The maximum absolute atomic E-state index is 4.81. The van der Waals surface area contributed by atoms with Crippen molar-refractivity contribution < 1.29 is 0 Å². The molecule has 0 radical (unpaired) electrons. The van der Waals surface area contributed by atoms with Gasteiger partial charge in [-0.1, -0.05) is 30.3 Å². The van der Waals surface area contributed by atoms with E-state index in [1.54, 1.807) is 0 Å². The third-order valence-corrected chi connectivity index (χ3v) is 5.08. The van der Waals surface area contributed by atoms with Crippen LogP contribution in [0.2, 0.25) is 0 Å². The monoisotopic (exact) mass is 324 g/mol. The standard InChI is InChI=1S/C20H28N4/c1-15-9-8-10-16(2)24(15)21-13-20-17(3)22-23(18(20)4)14-19-11-6-5-7-12-19/h5-7,11-13,15-16H,8-10,14H2,1-4H3/b21-13-/t15-,16-/m0/s1. The molecular formula is C20H28N4. The van der Waals surface area contributed by atoms with Crippen LogP contribution in [0.1, 0.15) is 55.6 Å². The molecule has 3 rings (SSSR count). The quantitative estimate of drug-likeness (QED) is 0.792. The van der Waals surface area contributed by atoms with Gasteiger partial charge in [-0.05, 0) is 52.5 Å². The Hall–Kier alpha value is -2.10. The van der Waals surface area contributed by atoms with Crippen molar-refractivity contribution in [1.82, 2.24) is 14.8 Å². The number of benzene rings is 1. The Kier molecular flexibility index (Phi) is 5.03. The lowest BCUT2D eigenvalue weighted by molar-refractivity contribution is 0.109. The Morgan fingerprint density at radius 1 is 1.12 bits per heavy atom. The fraction of sp³-hybridized carbons (Fsp3) is 0.500. The molecule has 0 unspecified atom stereocenters. The summed E-state index contributed by atoms with van der Waals surface area (Å²) < 4.78 is 2.08. The smallest absolute Gasteiger partial charge is 0.0685 e. The lowest BCUT2D eigenvalue weighted by atomic mass is 10.00. The predicted molar refractivity (Wildman–Crippen MR) is 99.5 cm³/mol. The minimum absolute atomic E-state index is 0.518. The van der Waals surface area contributed by atoms with Gasteiger partial charge < -0.3 is 0 Å². The molecule has 2 atom stereocenters. The predicted octanol–water partition coefficient (Wildman–Crippen LogP) is 4.15. The number of hydrazone groups is 1. The van der Waals surface area contributed by atoms with E-state index in [2.05, 4.69) is 61.7 Å². The highest BCUT2D eigenvalue weighted by Gasteiger charge is 2.23. The molecular weight excluding hydrogens is 296 g/mol. The van der Waals surface area contributed by atoms with E-state index in [0.29, 0.717) is 12.1 Å². The molecule has 1 aromatic carbocycles. The summed E-state index contributed by atoms with van der Waals surface area (Å²) in [6, 6.07) is 11.5. The molecule has 1 aliphatic heterocycles. The average Bonchev–Trinajstić information content (AvgIpc) is 2.82. The first-order valence-corrected chi connectivity index (χ1v) is 8.96. The van der Waals surface area contributed by atoms with Gasteiger partial charge in [0.2, 0.25) is 0 Å². The van der Waals surface area contributed by atoms with Crippen LogP contribution >= 0.6 is 0 Å². The second kappa shape index (κ2) is 7.20. The van der Waals surface area contributed by atoms with Crippen LogP contribution < -0.4 is 0 Å². The zero-order chi connectivity index (χ0) is 17.1. The van der Waals surface area contributed by atoms with E-state index in [9.17, 15) is 0 Å². The van der Waals surface area contributed by atoms with Crippen molar-refractivity contribution in [3.05, 3.63) is 52.8 Å². The molecule has 4 nitrogen and oxygen atoms in total. The summed E-state index contributed by atoms with van der Waals surface area (Å²) in [6.45, 7) is 9.54. The Labute approximate surface area is 145 Å². The van der Waals surface area contributed by atoms with Gasteiger partial charge in [-0.15, -0.1) is 0 Å². The summed E-state index contributed by atoms with van der Waals surface area (Å²) >= 11 is 0. The van der Waals surface area contributed by atoms with Crippen LogP contribution in [0.3, 0.4) is 0 Å². The summed E-state index contributed by atoms with van der Waals surface area (Å²) in [6.07, 6.45) is 5.78. The number of rotatable bonds is 4. The normalized spacial score (nSPS) is 21.6. The minimum Gasteiger partial charge on any atom is -0.292 e. The number of aromatic nitrogens is 2. The number of hydrogen-bond acceptors (Lipinski definition) is 3. The number of nitrogens with zero attached hydrogens (tertiary/aromatic N) is 4. The summed E-state index contributed by atoms with van der Waals surface area (Å²) in [4.78, 5) is 0. The summed E-state index contributed by atoms with van der Waals surface area (Å²) in [5.74, 6) is 0. The third-order valence-electron chi connectivity index (χ3n) is 5.08. The van der Waals surface area contributed by atoms with E-state index >= 15 is 0 Å². The van der Waals surface area contributed by atoms with E-state index in [-0.39, 0.29) is 0 Å². The number of hydrogen-bond donors (Lipinski definition) is 0. The second-order valence-electron chi connectivity index (χ2n) is 6.98. The molecule has 2 aromatic rings. The van der Waals surface area contributed by atoms with Crippen LogP contribution in [0.25, 0.3) is 0 Å². The van der Waals surface area contributed by atoms with E-state index in [4.69, 9.17) is 10.2 Å². The minimum atomic E-state index is 0.518. The highest BCUT2D eigenvalue weighted by Crippen LogP contribution is 2.23. The van der Waals surface area contributed by atoms with Gasteiger partial charge in [0.15, 0.2) is 0 Å². The Morgan fingerprint density at radius 2 is 1.79 bits per heavy atom. The largest absolute Gasteiger partial charge is 0.292 e. The zero-order valence-electron chi connectivity index (χ0n) is 15.2. The van der Waals surface area contributed by atoms with Gasteiger partial charge in [-0.25, -0.2) is 0 Å². The van der Waals surface area contributed by atoms with E-state index in [1.807, 2.05) is 12.3 Å². The Balaban J connectivity index is 1.80. The van der Waals surface area contributed by atoms with Gasteiger partial charge in [-0.2, -0.15) is 10.2 Å². The molecule has 1 aliphatic rings. The van der Waals surface area contributed by atoms with Crippen LogP contribution in [0, 0.1) is 13.8 Å². The third kappa shape index (κ3) is 3.53. The van der Waals surface area contributed by atoms with Crippen molar-refractivity contribution in [2.24, 2.45) is 5.10 Å². The molecule has 1 aromatic heterocycles. The van der Waals surface area contributed by atoms with E-state index in [1.165, 1.54) is 30.5 Å². The van der Waals surface area contributed by atoms with Crippen molar-refractivity contribution in [2.75, 3.05) is 0 Å². The Bertz CT molecular complexity index is 692. The van der Waals surface area contributed by atoms with Crippen molar-refractivity contribution in [3.63, 3.8) is 0 Å². The lowest BCUT2D eigenvalue weighted by Gasteiger charge is -2.36. The topological polar surface area (TPSA) is 33.4 Å². The summed E-state index contributed by atoms with van der Waals surface area (Å²) in [7, 11) is 0. The van der Waals surface area contributed by atoms with E-state index in [0.717, 1.165) is 17.8 Å². The van der Waals surface area contributed by atoms with Crippen molar-refractivity contribution in [1.29, 1.82) is 0 Å². The first-order chi connectivity index (χ1) is 11.6. The highest BCUT2D eigenvalue weighted by molar-refractivity contribution is 5.82. The number of aryl methyl sites for hydroxylation is 1. The van der Waals surface area contributed by atoms with Gasteiger partial charge in [0.25, 0.3) is 0 Å². The van der Waals surface area contributed by atoms with Gasteiger partial charge in [0.1, 0.15) is 0 Å². The first-order valence-electron chi connectivity index (χ1n) is 8.96. The zero-order valence-corrected chi connectivity index (χ0v) is 15.2. The molecule has 0 N–H and O–H groups in total. The van der Waals surface area contributed by atoms with Gasteiger partial charge >= 0.3 is 0 Å². The molecule has 24 heavy (non-hydrogen) atoms. The van der Waals surface area contributed by atoms with Crippen molar-refractivity contribution in [2.45, 2.75) is 65.6 Å². The maximum atomic E-state index is 4.81. The molecule has 4 heteroatoms. The van der Waals surface area contributed by atoms with Crippen molar-refractivity contribution in [3.8, 4) is 0 Å². The van der Waals surface area contributed by atoms with E-state index < -0.39 is 0 Å². The fourth-order valence-corrected chi connectivity index (χ4v) is 3.57. The molecule has 0 amide bonds.